The molecule has 0 saturated heterocycles. The summed E-state index contributed by atoms with van der Waals surface area (Å²) in [4.78, 5) is 12.6. The van der Waals surface area contributed by atoms with Gasteiger partial charge < -0.3 is 5.32 Å². The first-order chi connectivity index (χ1) is 9.74. The van der Waals surface area contributed by atoms with E-state index in [2.05, 4.69) is 27.3 Å². The maximum atomic E-state index is 12.6. The molecule has 102 valence electrons. The Labute approximate surface area is 127 Å². The van der Waals surface area contributed by atoms with Crippen molar-refractivity contribution in [3.05, 3.63) is 64.1 Å². The maximum Gasteiger partial charge on any atom is 0.144 e. The summed E-state index contributed by atoms with van der Waals surface area (Å²) in [6.45, 7) is 0.867. The molecule has 3 heteroatoms. The molecule has 2 aromatic rings. The van der Waals surface area contributed by atoms with Gasteiger partial charge in [0.2, 0.25) is 0 Å². The van der Waals surface area contributed by atoms with Crippen molar-refractivity contribution in [2.45, 2.75) is 18.8 Å². The standard InChI is InChI=1S/C17H16BrNO/c18-13-5-3-4-12(10-13)11-17(20)15-8-9-19-16-7-2-1-6-14(15)16/h1-7,10,15,19H,8-9,11H2. The van der Waals surface area contributed by atoms with Crippen molar-refractivity contribution in [2.75, 3.05) is 11.9 Å². The molecular formula is C17H16BrNO. The lowest BCUT2D eigenvalue weighted by Crippen LogP contribution is -2.24. The average molecular weight is 330 g/mol. The number of Topliss-reactive ketones (excluding diaryl/α,β-unsaturated/α-hetero) is 1. The van der Waals surface area contributed by atoms with Crippen LogP contribution in [-0.2, 0) is 11.2 Å². The molecule has 2 nitrogen and oxygen atoms in total. The highest BCUT2D eigenvalue weighted by Crippen LogP contribution is 2.32. The minimum Gasteiger partial charge on any atom is -0.385 e. The SMILES string of the molecule is O=C(Cc1cccc(Br)c1)C1CCNc2ccccc21. The van der Waals surface area contributed by atoms with E-state index >= 15 is 0 Å². The molecule has 0 spiro atoms. The normalized spacial score (nSPS) is 17.1. The smallest absolute Gasteiger partial charge is 0.144 e. The molecule has 0 radical (unpaired) electrons. The third-order valence-electron chi connectivity index (χ3n) is 3.74. The number of anilines is 1. The zero-order valence-electron chi connectivity index (χ0n) is 11.1. The van der Waals surface area contributed by atoms with Gasteiger partial charge in [0.1, 0.15) is 5.78 Å². The van der Waals surface area contributed by atoms with E-state index in [-0.39, 0.29) is 5.92 Å². The van der Waals surface area contributed by atoms with Gasteiger partial charge in [0.25, 0.3) is 0 Å². The number of carbonyl (C=O) groups is 1. The van der Waals surface area contributed by atoms with Crippen molar-refractivity contribution < 1.29 is 4.79 Å². The number of nitrogens with one attached hydrogen (secondary N) is 1. The summed E-state index contributed by atoms with van der Waals surface area (Å²) >= 11 is 3.45. The van der Waals surface area contributed by atoms with Crippen molar-refractivity contribution in [1.29, 1.82) is 0 Å². The number of para-hydroxylation sites is 1. The third-order valence-corrected chi connectivity index (χ3v) is 4.23. The second-order valence-electron chi connectivity index (χ2n) is 5.13. The number of carbonyl (C=O) groups excluding carboxylic acids is 1. The van der Waals surface area contributed by atoms with Crippen molar-refractivity contribution in [3.63, 3.8) is 0 Å². The molecule has 0 aromatic heterocycles. The summed E-state index contributed by atoms with van der Waals surface area (Å²) in [7, 11) is 0. The highest BCUT2D eigenvalue weighted by Gasteiger charge is 2.25. The van der Waals surface area contributed by atoms with Crippen LogP contribution in [0.2, 0.25) is 0 Å². The predicted octanol–water partition coefficient (Wildman–Crippen LogP) is 4.16. The Morgan fingerprint density at radius 3 is 2.90 bits per heavy atom. The Kier molecular flexibility index (Phi) is 3.88. The molecule has 0 aliphatic carbocycles. The van der Waals surface area contributed by atoms with Gasteiger partial charge >= 0.3 is 0 Å². The molecule has 0 saturated carbocycles. The molecule has 2 aromatic carbocycles. The topological polar surface area (TPSA) is 29.1 Å². The monoisotopic (exact) mass is 329 g/mol. The zero-order chi connectivity index (χ0) is 13.9. The third kappa shape index (κ3) is 2.78. The quantitative estimate of drug-likeness (QED) is 0.916. The van der Waals surface area contributed by atoms with Gasteiger partial charge in [-0.05, 0) is 35.7 Å². The second kappa shape index (κ2) is 5.80. The molecule has 0 amide bonds. The van der Waals surface area contributed by atoms with Crippen molar-refractivity contribution in [3.8, 4) is 0 Å². The van der Waals surface area contributed by atoms with E-state index in [1.165, 1.54) is 0 Å². The van der Waals surface area contributed by atoms with Crippen LogP contribution in [0.25, 0.3) is 0 Å². The molecule has 3 rings (SSSR count). The predicted molar refractivity (Wildman–Crippen MR) is 85.1 cm³/mol. The number of hydrogen-bond acceptors (Lipinski definition) is 2. The van der Waals surface area contributed by atoms with E-state index in [9.17, 15) is 4.79 Å². The van der Waals surface area contributed by atoms with Crippen molar-refractivity contribution >= 4 is 27.4 Å². The minimum absolute atomic E-state index is 0.0198. The van der Waals surface area contributed by atoms with Crippen LogP contribution in [0, 0.1) is 0 Å². The Morgan fingerprint density at radius 1 is 1.20 bits per heavy atom. The first-order valence-corrected chi connectivity index (χ1v) is 7.63. The van der Waals surface area contributed by atoms with Crippen LogP contribution in [0.4, 0.5) is 5.69 Å². The molecule has 1 heterocycles. The second-order valence-corrected chi connectivity index (χ2v) is 6.04. The lowest BCUT2D eigenvalue weighted by atomic mass is 9.85. The summed E-state index contributed by atoms with van der Waals surface area (Å²) in [6, 6.07) is 16.1. The number of rotatable bonds is 3. The fraction of sp³-hybridized carbons (Fsp3) is 0.235. The van der Waals surface area contributed by atoms with Crippen molar-refractivity contribution in [1.82, 2.24) is 0 Å². The molecule has 1 unspecified atom stereocenters. The lowest BCUT2D eigenvalue weighted by Gasteiger charge is -2.25. The minimum atomic E-state index is 0.0198. The Hall–Kier alpha value is -1.61. The van der Waals surface area contributed by atoms with E-state index in [0.29, 0.717) is 12.2 Å². The van der Waals surface area contributed by atoms with Gasteiger partial charge in [-0.3, -0.25) is 4.79 Å². The van der Waals surface area contributed by atoms with Crippen LogP contribution in [0.15, 0.2) is 53.0 Å². The van der Waals surface area contributed by atoms with E-state index < -0.39 is 0 Å². The van der Waals surface area contributed by atoms with Crippen molar-refractivity contribution in [2.24, 2.45) is 0 Å². The molecule has 1 aliphatic rings. The van der Waals surface area contributed by atoms with Crippen LogP contribution in [0.1, 0.15) is 23.5 Å². The van der Waals surface area contributed by atoms with Crippen LogP contribution in [0.3, 0.4) is 0 Å². The fourth-order valence-corrected chi connectivity index (χ4v) is 3.22. The molecule has 1 aliphatic heterocycles. The summed E-state index contributed by atoms with van der Waals surface area (Å²) in [5.41, 5.74) is 3.31. The van der Waals surface area contributed by atoms with Crippen LogP contribution < -0.4 is 5.32 Å². The van der Waals surface area contributed by atoms with Gasteiger partial charge in [0.15, 0.2) is 0 Å². The van der Waals surface area contributed by atoms with E-state index in [0.717, 1.165) is 34.3 Å². The first-order valence-electron chi connectivity index (χ1n) is 6.84. The number of benzene rings is 2. The Morgan fingerprint density at radius 2 is 2.05 bits per heavy atom. The average Bonchev–Trinajstić information content (AvgIpc) is 2.46. The highest BCUT2D eigenvalue weighted by atomic mass is 79.9. The molecule has 0 bridgehead atoms. The van der Waals surface area contributed by atoms with E-state index in [1.807, 2.05) is 42.5 Å². The van der Waals surface area contributed by atoms with Gasteiger partial charge in [-0.15, -0.1) is 0 Å². The Balaban J connectivity index is 1.82. The number of fused-ring (bicyclic) bond motifs is 1. The van der Waals surface area contributed by atoms with Crippen LogP contribution in [0.5, 0.6) is 0 Å². The Bertz CT molecular complexity index is 638. The largest absolute Gasteiger partial charge is 0.385 e. The molecular weight excluding hydrogens is 314 g/mol. The first kappa shape index (κ1) is 13.4. The molecule has 1 atom stereocenters. The molecule has 20 heavy (non-hydrogen) atoms. The summed E-state index contributed by atoms with van der Waals surface area (Å²) < 4.78 is 1.02. The zero-order valence-corrected chi connectivity index (χ0v) is 12.7. The summed E-state index contributed by atoms with van der Waals surface area (Å²) in [5.74, 6) is 0.323. The van der Waals surface area contributed by atoms with Gasteiger partial charge in [0.05, 0.1) is 0 Å². The summed E-state index contributed by atoms with van der Waals surface area (Å²) in [5, 5.41) is 3.36. The fourth-order valence-electron chi connectivity index (χ4n) is 2.77. The van der Waals surface area contributed by atoms with E-state index in [1.54, 1.807) is 0 Å². The number of halogens is 1. The van der Waals surface area contributed by atoms with Gasteiger partial charge in [-0.1, -0.05) is 46.3 Å². The highest BCUT2D eigenvalue weighted by molar-refractivity contribution is 9.10. The summed E-state index contributed by atoms with van der Waals surface area (Å²) in [6.07, 6.45) is 1.38. The number of ketones is 1. The van der Waals surface area contributed by atoms with Gasteiger partial charge in [-0.25, -0.2) is 0 Å². The van der Waals surface area contributed by atoms with E-state index in [4.69, 9.17) is 0 Å². The number of hydrogen-bond donors (Lipinski definition) is 1. The van der Waals surface area contributed by atoms with Crippen LogP contribution in [-0.4, -0.2) is 12.3 Å². The van der Waals surface area contributed by atoms with Crippen LogP contribution >= 0.6 is 15.9 Å². The molecule has 1 N–H and O–H groups in total. The molecule has 0 fully saturated rings. The van der Waals surface area contributed by atoms with Gasteiger partial charge in [-0.2, -0.15) is 0 Å². The van der Waals surface area contributed by atoms with Gasteiger partial charge in [0, 0.05) is 29.0 Å². The lowest BCUT2D eigenvalue weighted by molar-refractivity contribution is -0.120. The maximum absolute atomic E-state index is 12.6.